The molecule has 1 aliphatic heterocycles. The van der Waals surface area contributed by atoms with Gasteiger partial charge in [0, 0.05) is 16.3 Å². The molecule has 172 valence electrons. The van der Waals surface area contributed by atoms with Gasteiger partial charge in [0.15, 0.2) is 0 Å². The second-order valence-electron chi connectivity index (χ2n) is 7.38. The molecule has 0 saturated carbocycles. The predicted molar refractivity (Wildman–Crippen MR) is 131 cm³/mol. The van der Waals surface area contributed by atoms with Crippen LogP contribution in [0.25, 0.3) is 0 Å². The molecule has 0 aliphatic carbocycles. The van der Waals surface area contributed by atoms with Crippen LogP contribution in [0.4, 0.5) is 15.8 Å². The second-order valence-corrected chi connectivity index (χ2v) is 8.19. The maximum absolute atomic E-state index is 13.3. The summed E-state index contributed by atoms with van der Waals surface area (Å²) >= 11 is 11.5. The lowest BCUT2D eigenvalue weighted by atomic mass is 10.1. The van der Waals surface area contributed by atoms with Crippen LogP contribution in [-0.4, -0.2) is 33.9 Å². The van der Waals surface area contributed by atoms with Crippen LogP contribution in [0.1, 0.15) is 16.8 Å². The number of nitrogens with zero attached hydrogens (tertiary/aromatic N) is 2. The summed E-state index contributed by atoms with van der Waals surface area (Å²) in [5.74, 6) is -1.93. The van der Waals surface area contributed by atoms with Crippen molar-refractivity contribution in [3.8, 4) is 0 Å². The standard InChI is InChI=1S/C24H18ClFN4O3S/c25-16-6-12-19(13-7-16)29-23(33)20(14-21(31)27-18-10-8-17(26)9-11-18)30(24(29)34)28-22(32)15-4-2-1-3-5-15/h1-13,20H,14H2,(H,27,31)(H,28,32). The van der Waals surface area contributed by atoms with Crippen LogP contribution in [0, 0.1) is 5.82 Å². The summed E-state index contributed by atoms with van der Waals surface area (Å²) in [6, 6.07) is 19.0. The van der Waals surface area contributed by atoms with Gasteiger partial charge < -0.3 is 5.32 Å². The Hall–Kier alpha value is -3.82. The number of hydrazine groups is 1. The topological polar surface area (TPSA) is 81.8 Å². The van der Waals surface area contributed by atoms with Crippen molar-refractivity contribution in [1.29, 1.82) is 0 Å². The molecule has 1 aliphatic rings. The molecule has 34 heavy (non-hydrogen) atoms. The van der Waals surface area contributed by atoms with Gasteiger partial charge in [-0.3, -0.25) is 24.7 Å². The molecule has 0 aromatic heterocycles. The smallest absolute Gasteiger partial charge is 0.269 e. The number of hydrogen-bond acceptors (Lipinski definition) is 4. The first-order valence-electron chi connectivity index (χ1n) is 10.2. The molecule has 1 unspecified atom stereocenters. The largest absolute Gasteiger partial charge is 0.326 e. The monoisotopic (exact) mass is 496 g/mol. The summed E-state index contributed by atoms with van der Waals surface area (Å²) in [6.45, 7) is 0. The maximum atomic E-state index is 13.3. The van der Waals surface area contributed by atoms with Gasteiger partial charge in [0.1, 0.15) is 11.9 Å². The van der Waals surface area contributed by atoms with Gasteiger partial charge in [0.05, 0.1) is 12.1 Å². The van der Waals surface area contributed by atoms with E-state index < -0.39 is 29.6 Å². The average molecular weight is 497 g/mol. The Kier molecular flexibility index (Phi) is 6.85. The molecule has 2 N–H and O–H groups in total. The van der Waals surface area contributed by atoms with E-state index in [1.807, 2.05) is 0 Å². The zero-order valence-corrected chi connectivity index (χ0v) is 19.1. The molecule has 3 aromatic carbocycles. The van der Waals surface area contributed by atoms with Crippen LogP contribution in [-0.2, 0) is 9.59 Å². The maximum Gasteiger partial charge on any atom is 0.269 e. The molecule has 3 aromatic rings. The summed E-state index contributed by atoms with van der Waals surface area (Å²) < 4.78 is 13.2. The molecule has 0 bridgehead atoms. The van der Waals surface area contributed by atoms with Crippen molar-refractivity contribution in [2.75, 3.05) is 10.2 Å². The Bertz CT molecular complexity index is 1240. The fraction of sp³-hybridized carbons (Fsp3) is 0.0833. The van der Waals surface area contributed by atoms with Gasteiger partial charge in [0.2, 0.25) is 11.0 Å². The Morgan fingerprint density at radius 2 is 1.62 bits per heavy atom. The van der Waals surface area contributed by atoms with Gasteiger partial charge in [-0.2, -0.15) is 0 Å². The van der Waals surface area contributed by atoms with E-state index in [2.05, 4.69) is 10.7 Å². The van der Waals surface area contributed by atoms with E-state index in [0.717, 1.165) is 0 Å². The molecule has 7 nitrogen and oxygen atoms in total. The molecule has 1 heterocycles. The second kappa shape index (κ2) is 9.98. The van der Waals surface area contributed by atoms with Crippen molar-refractivity contribution in [3.63, 3.8) is 0 Å². The lowest BCUT2D eigenvalue weighted by Crippen LogP contribution is -2.49. The molecule has 1 saturated heterocycles. The molecule has 0 spiro atoms. The van der Waals surface area contributed by atoms with Gasteiger partial charge in [0.25, 0.3) is 11.8 Å². The van der Waals surface area contributed by atoms with Crippen molar-refractivity contribution in [2.24, 2.45) is 0 Å². The van der Waals surface area contributed by atoms with Gasteiger partial charge in [-0.25, -0.2) is 9.40 Å². The third-order valence-corrected chi connectivity index (χ3v) is 5.70. The Morgan fingerprint density at radius 3 is 2.26 bits per heavy atom. The van der Waals surface area contributed by atoms with E-state index in [0.29, 0.717) is 22.0 Å². The molecule has 3 amide bonds. The Morgan fingerprint density at radius 1 is 0.971 bits per heavy atom. The number of carbonyl (C=O) groups excluding carboxylic acids is 3. The highest BCUT2D eigenvalue weighted by Crippen LogP contribution is 2.27. The van der Waals surface area contributed by atoms with E-state index in [-0.39, 0.29) is 11.5 Å². The lowest BCUT2D eigenvalue weighted by molar-refractivity contribution is -0.124. The summed E-state index contributed by atoms with van der Waals surface area (Å²) in [4.78, 5) is 40.1. The van der Waals surface area contributed by atoms with Crippen LogP contribution < -0.4 is 15.6 Å². The van der Waals surface area contributed by atoms with E-state index in [1.165, 1.54) is 34.2 Å². The Balaban J connectivity index is 1.59. The van der Waals surface area contributed by atoms with Crippen LogP contribution >= 0.6 is 23.8 Å². The van der Waals surface area contributed by atoms with Crippen LogP contribution in [0.3, 0.4) is 0 Å². The van der Waals surface area contributed by atoms with Gasteiger partial charge in [-0.05, 0) is 72.9 Å². The summed E-state index contributed by atoms with van der Waals surface area (Å²) in [5, 5.41) is 4.32. The zero-order chi connectivity index (χ0) is 24.2. The highest BCUT2D eigenvalue weighted by atomic mass is 35.5. The SMILES string of the molecule is O=C(CC1C(=O)N(c2ccc(Cl)cc2)C(=S)N1NC(=O)c1ccccc1)Nc1ccc(F)cc1. The molecule has 1 atom stereocenters. The minimum absolute atomic E-state index is 0.0104. The van der Waals surface area contributed by atoms with Gasteiger partial charge in [-0.15, -0.1) is 0 Å². The number of rotatable bonds is 6. The van der Waals surface area contributed by atoms with Gasteiger partial charge in [-0.1, -0.05) is 29.8 Å². The normalized spacial score (nSPS) is 15.4. The summed E-state index contributed by atoms with van der Waals surface area (Å²) in [7, 11) is 0. The van der Waals surface area contributed by atoms with E-state index >= 15 is 0 Å². The van der Waals surface area contributed by atoms with Crippen molar-refractivity contribution < 1.29 is 18.8 Å². The molecular formula is C24H18ClFN4O3S. The van der Waals surface area contributed by atoms with Crippen molar-refractivity contribution in [1.82, 2.24) is 10.4 Å². The van der Waals surface area contributed by atoms with E-state index in [9.17, 15) is 18.8 Å². The lowest BCUT2D eigenvalue weighted by Gasteiger charge is -2.24. The number of nitrogens with one attached hydrogen (secondary N) is 2. The number of anilines is 2. The predicted octanol–water partition coefficient (Wildman–Crippen LogP) is 4.16. The fourth-order valence-corrected chi connectivity index (χ4v) is 3.91. The highest BCUT2D eigenvalue weighted by molar-refractivity contribution is 7.80. The number of halogens is 2. The minimum atomic E-state index is -1.10. The number of amides is 3. The third-order valence-electron chi connectivity index (χ3n) is 5.06. The summed E-state index contributed by atoms with van der Waals surface area (Å²) in [5.41, 5.74) is 3.82. The average Bonchev–Trinajstić information content (AvgIpc) is 3.05. The quantitative estimate of drug-likeness (QED) is 0.501. The molecule has 4 rings (SSSR count). The van der Waals surface area contributed by atoms with Crippen LogP contribution in [0.15, 0.2) is 78.9 Å². The molecule has 1 fully saturated rings. The number of carbonyl (C=O) groups is 3. The summed E-state index contributed by atoms with van der Waals surface area (Å²) in [6.07, 6.45) is -0.310. The molecule has 10 heteroatoms. The van der Waals surface area contributed by atoms with Crippen molar-refractivity contribution >= 4 is 58.0 Å². The Labute approximate surface area is 205 Å². The number of thiocarbonyl (C=S) groups is 1. The van der Waals surface area contributed by atoms with Crippen molar-refractivity contribution in [3.05, 3.63) is 95.3 Å². The first kappa shape index (κ1) is 23.3. The molecule has 0 radical (unpaired) electrons. The van der Waals surface area contributed by atoms with Crippen LogP contribution in [0.5, 0.6) is 0 Å². The first-order chi connectivity index (χ1) is 16.3. The zero-order valence-electron chi connectivity index (χ0n) is 17.6. The van der Waals surface area contributed by atoms with Crippen molar-refractivity contribution in [2.45, 2.75) is 12.5 Å². The minimum Gasteiger partial charge on any atom is -0.326 e. The highest BCUT2D eigenvalue weighted by Gasteiger charge is 2.45. The van der Waals surface area contributed by atoms with E-state index in [1.54, 1.807) is 54.6 Å². The molecular weight excluding hydrogens is 479 g/mol. The first-order valence-corrected chi connectivity index (χ1v) is 11.0. The van der Waals surface area contributed by atoms with E-state index in [4.69, 9.17) is 23.8 Å². The number of hydrogen-bond donors (Lipinski definition) is 2. The third kappa shape index (κ3) is 5.05. The number of benzene rings is 3. The van der Waals surface area contributed by atoms with Gasteiger partial charge >= 0.3 is 0 Å². The van der Waals surface area contributed by atoms with Crippen LogP contribution in [0.2, 0.25) is 5.02 Å². The fourth-order valence-electron chi connectivity index (χ4n) is 3.41.